The van der Waals surface area contributed by atoms with E-state index in [1.807, 2.05) is 0 Å². The molecule has 3 atom stereocenters. The molecule has 0 spiro atoms. The number of hydrogen-bond acceptors (Lipinski definition) is 3. The molecule has 2 bridgehead atoms. The van der Waals surface area contributed by atoms with E-state index in [4.69, 9.17) is 17.3 Å². The summed E-state index contributed by atoms with van der Waals surface area (Å²) in [5.74, 6) is 2.41. The molecular formula is C14H18ClN3O. The largest absolute Gasteiger partial charge is 0.384 e. The minimum Gasteiger partial charge on any atom is -0.384 e. The predicted octanol–water partition coefficient (Wildman–Crippen LogP) is 2.48. The van der Waals surface area contributed by atoms with Gasteiger partial charge in [-0.25, -0.2) is 4.98 Å². The molecule has 0 radical (unpaired) electrons. The first-order valence-corrected chi connectivity index (χ1v) is 7.21. The van der Waals surface area contributed by atoms with Gasteiger partial charge in [0.25, 0.3) is 5.91 Å². The molecule has 1 amide bonds. The number of pyridine rings is 1. The molecule has 4 nitrogen and oxygen atoms in total. The Hall–Kier alpha value is -1.29. The number of nitrogens with one attached hydrogen (secondary N) is 1. The Morgan fingerprint density at radius 3 is 2.95 bits per heavy atom. The molecule has 3 rings (SSSR count). The molecule has 1 heterocycles. The number of halogens is 1. The van der Waals surface area contributed by atoms with Gasteiger partial charge in [0.1, 0.15) is 11.5 Å². The second-order valence-electron chi connectivity index (χ2n) is 5.71. The monoisotopic (exact) mass is 279 g/mol. The smallest absolute Gasteiger partial charge is 0.271 e. The average molecular weight is 280 g/mol. The van der Waals surface area contributed by atoms with Gasteiger partial charge in [-0.1, -0.05) is 18.0 Å². The van der Waals surface area contributed by atoms with Crippen molar-refractivity contribution in [3.8, 4) is 0 Å². The number of anilines is 1. The first kappa shape index (κ1) is 12.7. The van der Waals surface area contributed by atoms with Crippen molar-refractivity contribution in [2.45, 2.75) is 25.7 Å². The fourth-order valence-corrected chi connectivity index (χ4v) is 3.74. The summed E-state index contributed by atoms with van der Waals surface area (Å²) < 4.78 is 0. The maximum Gasteiger partial charge on any atom is 0.271 e. The Bertz CT molecular complexity index is 505. The summed E-state index contributed by atoms with van der Waals surface area (Å²) in [6.45, 7) is 0.729. The van der Waals surface area contributed by atoms with Crippen LogP contribution in [0.15, 0.2) is 12.1 Å². The van der Waals surface area contributed by atoms with E-state index in [2.05, 4.69) is 10.3 Å². The van der Waals surface area contributed by atoms with Crippen molar-refractivity contribution in [1.82, 2.24) is 10.3 Å². The van der Waals surface area contributed by atoms with Gasteiger partial charge in [-0.3, -0.25) is 4.79 Å². The van der Waals surface area contributed by atoms with E-state index in [0.29, 0.717) is 16.8 Å². The number of amides is 1. The Kier molecular flexibility index (Phi) is 3.35. The second kappa shape index (κ2) is 5.00. The Morgan fingerprint density at radius 1 is 1.42 bits per heavy atom. The first-order chi connectivity index (χ1) is 9.13. The van der Waals surface area contributed by atoms with Crippen LogP contribution in [0.5, 0.6) is 0 Å². The number of carbonyl (C=O) groups excluding carboxylic acids is 1. The van der Waals surface area contributed by atoms with Crippen LogP contribution in [-0.4, -0.2) is 17.4 Å². The third kappa shape index (κ3) is 2.54. The van der Waals surface area contributed by atoms with Crippen molar-refractivity contribution in [3.05, 3.63) is 22.8 Å². The van der Waals surface area contributed by atoms with Gasteiger partial charge in [-0.2, -0.15) is 0 Å². The maximum atomic E-state index is 12.1. The number of fused-ring (bicyclic) bond motifs is 2. The molecule has 2 aliphatic carbocycles. The molecule has 3 N–H and O–H groups in total. The molecule has 2 aliphatic rings. The third-order valence-electron chi connectivity index (χ3n) is 4.49. The molecule has 102 valence electrons. The molecule has 19 heavy (non-hydrogen) atoms. The molecule has 3 unspecified atom stereocenters. The summed E-state index contributed by atoms with van der Waals surface area (Å²) in [6.07, 6.45) is 5.29. The Morgan fingerprint density at radius 2 is 2.26 bits per heavy atom. The maximum absolute atomic E-state index is 12.1. The van der Waals surface area contributed by atoms with E-state index in [0.717, 1.165) is 18.4 Å². The lowest BCUT2D eigenvalue weighted by atomic mass is 9.89. The molecule has 2 fully saturated rings. The van der Waals surface area contributed by atoms with E-state index in [1.54, 1.807) is 12.1 Å². The lowest BCUT2D eigenvalue weighted by molar-refractivity contribution is 0.0937. The normalized spacial score (nSPS) is 28.6. The number of nitrogen functional groups attached to an aromatic ring is 1. The quantitative estimate of drug-likeness (QED) is 0.893. The van der Waals surface area contributed by atoms with Gasteiger partial charge in [-0.15, -0.1) is 0 Å². The standard InChI is InChI=1S/C14H18ClN3O/c15-11-3-4-12(16)18-13(11)14(19)17-7-10-6-8-1-2-9(10)5-8/h3-4,8-10H,1-2,5-7H2,(H2,16,18)(H,17,19). The molecule has 5 heteroatoms. The molecule has 0 saturated heterocycles. The number of nitrogens with two attached hydrogens (primary N) is 1. The van der Waals surface area contributed by atoms with E-state index in [9.17, 15) is 4.79 Å². The summed E-state index contributed by atoms with van der Waals surface area (Å²) in [5.41, 5.74) is 5.81. The zero-order valence-electron chi connectivity index (χ0n) is 10.7. The van der Waals surface area contributed by atoms with Crippen LogP contribution in [-0.2, 0) is 0 Å². The summed E-state index contributed by atoms with van der Waals surface area (Å²) in [7, 11) is 0. The molecular weight excluding hydrogens is 262 g/mol. The first-order valence-electron chi connectivity index (χ1n) is 6.83. The number of carbonyl (C=O) groups is 1. The van der Waals surface area contributed by atoms with Crippen LogP contribution >= 0.6 is 11.6 Å². The lowest BCUT2D eigenvalue weighted by Gasteiger charge is -2.21. The van der Waals surface area contributed by atoms with Gasteiger partial charge in [0.05, 0.1) is 5.02 Å². The molecule has 1 aromatic rings. The number of nitrogens with zero attached hydrogens (tertiary/aromatic N) is 1. The summed E-state index contributed by atoms with van der Waals surface area (Å²) in [5, 5.41) is 3.30. The van der Waals surface area contributed by atoms with E-state index in [-0.39, 0.29) is 11.6 Å². The van der Waals surface area contributed by atoms with Crippen molar-refractivity contribution >= 4 is 23.3 Å². The van der Waals surface area contributed by atoms with Crippen molar-refractivity contribution in [1.29, 1.82) is 0 Å². The van der Waals surface area contributed by atoms with Gasteiger partial charge in [0.15, 0.2) is 0 Å². The number of aromatic nitrogens is 1. The van der Waals surface area contributed by atoms with Crippen molar-refractivity contribution < 1.29 is 4.79 Å². The van der Waals surface area contributed by atoms with Crippen molar-refractivity contribution in [2.75, 3.05) is 12.3 Å². The van der Waals surface area contributed by atoms with Gasteiger partial charge < -0.3 is 11.1 Å². The third-order valence-corrected chi connectivity index (χ3v) is 4.80. The average Bonchev–Trinajstić information content (AvgIpc) is 3.01. The highest BCUT2D eigenvalue weighted by Crippen LogP contribution is 2.47. The van der Waals surface area contributed by atoms with E-state index < -0.39 is 0 Å². The fraction of sp³-hybridized carbons (Fsp3) is 0.571. The summed E-state index contributed by atoms with van der Waals surface area (Å²) in [4.78, 5) is 16.1. The molecule has 0 aromatic carbocycles. The predicted molar refractivity (Wildman–Crippen MR) is 74.9 cm³/mol. The van der Waals surface area contributed by atoms with Gasteiger partial charge in [-0.05, 0) is 49.1 Å². The van der Waals surface area contributed by atoms with Crippen LogP contribution in [0.2, 0.25) is 5.02 Å². The highest BCUT2D eigenvalue weighted by molar-refractivity contribution is 6.33. The molecule has 0 aliphatic heterocycles. The van der Waals surface area contributed by atoms with Crippen LogP contribution < -0.4 is 11.1 Å². The van der Waals surface area contributed by atoms with E-state index in [1.165, 1.54) is 25.7 Å². The van der Waals surface area contributed by atoms with Crippen LogP contribution in [0.3, 0.4) is 0 Å². The zero-order chi connectivity index (χ0) is 13.4. The molecule has 1 aromatic heterocycles. The molecule has 2 saturated carbocycles. The van der Waals surface area contributed by atoms with Crippen molar-refractivity contribution in [2.24, 2.45) is 17.8 Å². The Labute approximate surface area is 117 Å². The highest BCUT2D eigenvalue weighted by Gasteiger charge is 2.39. The van der Waals surface area contributed by atoms with Crippen LogP contribution in [0, 0.1) is 17.8 Å². The Balaban J connectivity index is 1.61. The minimum absolute atomic E-state index is 0.222. The SMILES string of the molecule is Nc1ccc(Cl)c(C(=O)NCC2CC3CCC2C3)n1. The van der Waals surface area contributed by atoms with Gasteiger partial charge >= 0.3 is 0 Å². The lowest BCUT2D eigenvalue weighted by Crippen LogP contribution is -2.32. The number of hydrogen-bond donors (Lipinski definition) is 2. The van der Waals surface area contributed by atoms with Gasteiger partial charge in [0.2, 0.25) is 0 Å². The highest BCUT2D eigenvalue weighted by atomic mass is 35.5. The number of rotatable bonds is 3. The van der Waals surface area contributed by atoms with Crippen LogP contribution in [0.25, 0.3) is 0 Å². The topological polar surface area (TPSA) is 68.0 Å². The van der Waals surface area contributed by atoms with E-state index >= 15 is 0 Å². The van der Waals surface area contributed by atoms with Gasteiger partial charge in [0, 0.05) is 6.54 Å². The zero-order valence-corrected chi connectivity index (χ0v) is 11.5. The fourth-order valence-electron chi connectivity index (χ4n) is 3.55. The second-order valence-corrected chi connectivity index (χ2v) is 6.12. The van der Waals surface area contributed by atoms with Crippen LogP contribution in [0.4, 0.5) is 5.82 Å². The minimum atomic E-state index is -0.222. The van der Waals surface area contributed by atoms with Crippen LogP contribution in [0.1, 0.15) is 36.2 Å². The van der Waals surface area contributed by atoms with Crippen molar-refractivity contribution in [3.63, 3.8) is 0 Å². The summed E-state index contributed by atoms with van der Waals surface area (Å²) >= 11 is 5.97. The summed E-state index contributed by atoms with van der Waals surface area (Å²) in [6, 6.07) is 3.20.